The van der Waals surface area contributed by atoms with Crippen molar-refractivity contribution in [2.75, 3.05) is 13.2 Å². The molecule has 1 saturated heterocycles. The zero-order valence-corrected chi connectivity index (χ0v) is 8.59. The minimum atomic E-state index is -0.833. The number of hydrogen-bond donors (Lipinski definition) is 1. The average Bonchev–Trinajstić information content (AvgIpc) is 2.11. The standard InChI is InChI=1S/C4H8O.C2H4O2.Na.H/c1-2-4-5-3-1;1-2(3)4;;/h1-4H2;1H3,(H,3,4);;/q;;+1;-1. The molecule has 0 saturated carbocycles. The van der Waals surface area contributed by atoms with Crippen LogP contribution in [-0.4, -0.2) is 24.3 Å². The summed E-state index contributed by atoms with van der Waals surface area (Å²) in [5.74, 6) is -0.833. The van der Waals surface area contributed by atoms with Crippen LogP contribution in [-0.2, 0) is 9.53 Å². The number of carboxylic acids is 1. The van der Waals surface area contributed by atoms with Crippen molar-refractivity contribution in [3.05, 3.63) is 0 Å². The van der Waals surface area contributed by atoms with Gasteiger partial charge in [0.2, 0.25) is 0 Å². The molecule has 1 aliphatic heterocycles. The Bertz CT molecular complexity index is 74.3. The first-order chi connectivity index (χ1) is 4.23. The molecule has 0 aromatic rings. The molecule has 0 atom stereocenters. The molecular formula is C6H13NaO3. The first-order valence-electron chi connectivity index (χ1n) is 3.01. The molecule has 0 aliphatic carbocycles. The maximum Gasteiger partial charge on any atom is 1.00 e. The Morgan fingerprint density at radius 3 is 1.90 bits per heavy atom. The Morgan fingerprint density at radius 1 is 1.50 bits per heavy atom. The second-order valence-electron chi connectivity index (χ2n) is 1.84. The minimum absolute atomic E-state index is 0. The van der Waals surface area contributed by atoms with Gasteiger partial charge >= 0.3 is 29.6 Å². The Kier molecular flexibility index (Phi) is 12.3. The molecule has 4 heteroatoms. The summed E-state index contributed by atoms with van der Waals surface area (Å²) < 4.78 is 4.94. The molecule has 0 aromatic carbocycles. The molecule has 10 heavy (non-hydrogen) atoms. The quantitative estimate of drug-likeness (QED) is 0.413. The summed E-state index contributed by atoms with van der Waals surface area (Å²) in [6, 6.07) is 0. The number of carboxylic acid groups (broad SMARTS) is 1. The van der Waals surface area contributed by atoms with E-state index in [1.54, 1.807) is 0 Å². The van der Waals surface area contributed by atoms with Crippen molar-refractivity contribution in [1.29, 1.82) is 0 Å². The zero-order chi connectivity index (χ0) is 7.11. The van der Waals surface area contributed by atoms with E-state index in [4.69, 9.17) is 14.6 Å². The summed E-state index contributed by atoms with van der Waals surface area (Å²) in [6.07, 6.45) is 2.56. The molecule has 0 unspecified atom stereocenters. The maximum atomic E-state index is 9.00. The van der Waals surface area contributed by atoms with Crippen molar-refractivity contribution in [2.45, 2.75) is 19.8 Å². The number of hydrogen-bond acceptors (Lipinski definition) is 2. The van der Waals surface area contributed by atoms with Gasteiger partial charge < -0.3 is 11.3 Å². The summed E-state index contributed by atoms with van der Waals surface area (Å²) >= 11 is 0. The molecule has 1 N–H and O–H groups in total. The van der Waals surface area contributed by atoms with Crippen molar-refractivity contribution in [2.24, 2.45) is 0 Å². The first-order valence-corrected chi connectivity index (χ1v) is 3.01. The van der Waals surface area contributed by atoms with E-state index in [0.717, 1.165) is 20.1 Å². The van der Waals surface area contributed by atoms with Crippen LogP contribution >= 0.6 is 0 Å². The van der Waals surface area contributed by atoms with E-state index in [2.05, 4.69) is 0 Å². The Labute approximate surface area is 84.5 Å². The molecule has 1 rings (SSSR count). The van der Waals surface area contributed by atoms with Crippen LogP contribution in [0.3, 0.4) is 0 Å². The van der Waals surface area contributed by atoms with Crippen LogP contribution in [0.15, 0.2) is 0 Å². The summed E-state index contributed by atoms with van der Waals surface area (Å²) in [5.41, 5.74) is 0. The normalized spacial score (nSPS) is 14.5. The van der Waals surface area contributed by atoms with Gasteiger partial charge in [-0.1, -0.05) is 0 Å². The van der Waals surface area contributed by atoms with Gasteiger partial charge in [-0.3, -0.25) is 4.79 Å². The summed E-state index contributed by atoms with van der Waals surface area (Å²) in [4.78, 5) is 9.00. The third kappa shape index (κ3) is 15.8. The van der Waals surface area contributed by atoms with E-state index in [0.29, 0.717) is 0 Å². The molecular weight excluding hydrogens is 143 g/mol. The molecule has 1 heterocycles. The van der Waals surface area contributed by atoms with Gasteiger partial charge in [0.05, 0.1) is 0 Å². The van der Waals surface area contributed by atoms with Crippen molar-refractivity contribution in [1.82, 2.24) is 0 Å². The third-order valence-corrected chi connectivity index (χ3v) is 0.827. The van der Waals surface area contributed by atoms with Crippen LogP contribution in [0, 0.1) is 0 Å². The molecule has 0 spiro atoms. The Hall–Kier alpha value is 0.430. The Morgan fingerprint density at radius 2 is 1.80 bits per heavy atom. The van der Waals surface area contributed by atoms with Crippen molar-refractivity contribution < 1.29 is 45.6 Å². The maximum absolute atomic E-state index is 9.00. The zero-order valence-electron chi connectivity index (χ0n) is 7.59. The largest absolute Gasteiger partial charge is 1.00 e. The number of ether oxygens (including phenoxy) is 1. The molecule has 0 radical (unpaired) electrons. The fraction of sp³-hybridized carbons (Fsp3) is 0.833. The van der Waals surface area contributed by atoms with Gasteiger partial charge in [-0.15, -0.1) is 0 Å². The molecule has 1 fully saturated rings. The van der Waals surface area contributed by atoms with E-state index in [-0.39, 0.29) is 31.0 Å². The van der Waals surface area contributed by atoms with E-state index in [1.165, 1.54) is 12.8 Å². The van der Waals surface area contributed by atoms with Crippen LogP contribution in [0.1, 0.15) is 21.2 Å². The molecule has 56 valence electrons. The van der Waals surface area contributed by atoms with Crippen molar-refractivity contribution in [3.8, 4) is 0 Å². The van der Waals surface area contributed by atoms with E-state index in [9.17, 15) is 0 Å². The fourth-order valence-electron chi connectivity index (χ4n) is 0.510. The van der Waals surface area contributed by atoms with E-state index < -0.39 is 5.97 Å². The predicted molar refractivity (Wildman–Crippen MR) is 34.5 cm³/mol. The Balaban J connectivity index is -0.000000101. The summed E-state index contributed by atoms with van der Waals surface area (Å²) in [6.45, 7) is 3.08. The van der Waals surface area contributed by atoms with E-state index in [1.807, 2.05) is 0 Å². The molecule has 0 aromatic heterocycles. The van der Waals surface area contributed by atoms with Crippen LogP contribution in [0.5, 0.6) is 0 Å². The van der Waals surface area contributed by atoms with Gasteiger partial charge in [0.1, 0.15) is 0 Å². The van der Waals surface area contributed by atoms with Crippen molar-refractivity contribution in [3.63, 3.8) is 0 Å². The summed E-state index contributed by atoms with van der Waals surface area (Å²) in [5, 5.41) is 7.42. The minimum Gasteiger partial charge on any atom is -1.00 e. The second-order valence-corrected chi connectivity index (χ2v) is 1.84. The van der Waals surface area contributed by atoms with Gasteiger partial charge in [0.25, 0.3) is 5.97 Å². The van der Waals surface area contributed by atoms with E-state index >= 15 is 0 Å². The van der Waals surface area contributed by atoms with Gasteiger partial charge in [-0.05, 0) is 12.8 Å². The van der Waals surface area contributed by atoms with Crippen LogP contribution in [0.2, 0.25) is 0 Å². The second kappa shape index (κ2) is 9.43. The molecule has 0 bridgehead atoms. The van der Waals surface area contributed by atoms with Crippen molar-refractivity contribution >= 4 is 5.97 Å². The van der Waals surface area contributed by atoms with Gasteiger partial charge in [-0.2, -0.15) is 0 Å². The number of rotatable bonds is 0. The number of carbonyl (C=O) groups is 1. The average molecular weight is 156 g/mol. The fourth-order valence-corrected chi connectivity index (χ4v) is 0.510. The van der Waals surface area contributed by atoms with Crippen LogP contribution in [0.4, 0.5) is 0 Å². The van der Waals surface area contributed by atoms with Crippen LogP contribution < -0.4 is 29.6 Å². The SMILES string of the molecule is C1CCOC1.CC(=O)O.[H-].[Na+]. The molecule has 3 nitrogen and oxygen atoms in total. The first kappa shape index (κ1) is 13.1. The monoisotopic (exact) mass is 156 g/mol. The molecule has 0 amide bonds. The van der Waals surface area contributed by atoms with Gasteiger partial charge in [0, 0.05) is 20.1 Å². The van der Waals surface area contributed by atoms with Gasteiger partial charge in [0.15, 0.2) is 0 Å². The number of aliphatic carboxylic acids is 1. The van der Waals surface area contributed by atoms with Crippen LogP contribution in [0.25, 0.3) is 0 Å². The topological polar surface area (TPSA) is 46.5 Å². The molecule has 1 aliphatic rings. The predicted octanol–water partition coefficient (Wildman–Crippen LogP) is -2.00. The van der Waals surface area contributed by atoms with Gasteiger partial charge in [-0.25, -0.2) is 0 Å². The summed E-state index contributed by atoms with van der Waals surface area (Å²) in [7, 11) is 0. The smallest absolute Gasteiger partial charge is 1.00 e. The third-order valence-electron chi connectivity index (χ3n) is 0.827.